The molecule has 1 aromatic rings. The van der Waals surface area contributed by atoms with Crippen molar-refractivity contribution >= 4 is 29.4 Å². The van der Waals surface area contributed by atoms with E-state index in [-0.39, 0.29) is 41.4 Å². The van der Waals surface area contributed by atoms with E-state index >= 15 is 0 Å². The van der Waals surface area contributed by atoms with E-state index < -0.39 is 24.5 Å². The fourth-order valence-corrected chi connectivity index (χ4v) is 5.32. The molecule has 1 N–H and O–H groups in total. The van der Waals surface area contributed by atoms with Crippen molar-refractivity contribution in [2.75, 3.05) is 11.9 Å². The maximum absolute atomic E-state index is 13.0. The molecule has 2 bridgehead atoms. The fraction of sp³-hybridized carbons (Fsp3) is 0.545. The first-order chi connectivity index (χ1) is 13.9. The smallest absolute Gasteiger partial charge is 0.330 e. The van der Waals surface area contributed by atoms with Crippen LogP contribution in [0.25, 0.3) is 0 Å². The number of rotatable bonds is 6. The lowest BCUT2D eigenvalue weighted by Crippen LogP contribution is -2.50. The van der Waals surface area contributed by atoms with Crippen molar-refractivity contribution < 1.29 is 23.9 Å². The molecule has 154 valence electrons. The predicted molar refractivity (Wildman–Crippen MR) is 104 cm³/mol. The van der Waals surface area contributed by atoms with Gasteiger partial charge < -0.3 is 10.1 Å². The third-order valence-electron chi connectivity index (χ3n) is 6.52. The van der Waals surface area contributed by atoms with Crippen LogP contribution in [0.1, 0.15) is 33.1 Å². The van der Waals surface area contributed by atoms with Crippen molar-refractivity contribution in [3.63, 3.8) is 0 Å². The molecule has 1 saturated heterocycles. The molecule has 1 aliphatic heterocycles. The van der Waals surface area contributed by atoms with Crippen LogP contribution in [0.4, 0.5) is 5.69 Å². The third kappa shape index (κ3) is 3.43. The molecule has 2 aliphatic carbocycles. The predicted octanol–water partition coefficient (Wildman–Crippen LogP) is 2.22. The molecule has 1 aromatic carbocycles. The topological polar surface area (TPSA) is 92.8 Å². The molecule has 7 heteroatoms. The molecule has 0 radical (unpaired) electrons. The molecule has 0 spiro atoms. The highest BCUT2D eigenvalue weighted by molar-refractivity contribution is 6.08. The quantitative estimate of drug-likeness (QED) is 0.586. The summed E-state index contributed by atoms with van der Waals surface area (Å²) in [7, 11) is 0. The van der Waals surface area contributed by atoms with Gasteiger partial charge in [0, 0.05) is 5.69 Å². The van der Waals surface area contributed by atoms with E-state index in [4.69, 9.17) is 4.74 Å². The Balaban J connectivity index is 1.42. The van der Waals surface area contributed by atoms with Gasteiger partial charge in [0.2, 0.25) is 11.8 Å². The highest BCUT2D eigenvalue weighted by Gasteiger charge is 2.62. The fourth-order valence-electron chi connectivity index (χ4n) is 5.32. The van der Waals surface area contributed by atoms with Gasteiger partial charge in [0.15, 0.2) is 6.61 Å². The summed E-state index contributed by atoms with van der Waals surface area (Å²) in [5, 5.41) is 2.64. The van der Waals surface area contributed by atoms with Gasteiger partial charge in [0.05, 0.1) is 11.8 Å². The largest absolute Gasteiger partial charge is 0.454 e. The lowest BCUT2D eigenvalue weighted by Gasteiger charge is -2.28. The van der Waals surface area contributed by atoms with Crippen molar-refractivity contribution in [1.29, 1.82) is 0 Å². The standard InChI is InChI=1S/C22H26N2O5/c1-12(2)19(22(28)29-11-16(25)23-15-6-4-3-5-7-15)24-20(26)17-13-8-9-14(10-13)18(17)21(24)27/h3-7,12-14,17-19H,8-11H2,1-2H3,(H,23,25)/t13-,14-,17+,18+,19+/m0/s1. The number of hydrogen-bond acceptors (Lipinski definition) is 5. The number of nitrogens with zero attached hydrogens (tertiary/aromatic N) is 1. The number of imide groups is 1. The number of esters is 1. The van der Waals surface area contributed by atoms with Crippen LogP contribution in [0.2, 0.25) is 0 Å². The zero-order valence-electron chi connectivity index (χ0n) is 16.7. The van der Waals surface area contributed by atoms with E-state index in [1.165, 1.54) is 0 Å². The SMILES string of the molecule is CC(C)[C@H](C(=O)OCC(=O)Nc1ccccc1)N1C(=O)[C@@H]2[C@H]3CC[C@@H](C3)[C@H]2C1=O. The molecule has 4 rings (SSSR count). The van der Waals surface area contributed by atoms with Crippen molar-refractivity contribution in [1.82, 2.24) is 4.90 Å². The minimum atomic E-state index is -0.996. The van der Waals surface area contributed by atoms with Gasteiger partial charge in [-0.15, -0.1) is 0 Å². The second-order valence-electron chi connectivity index (χ2n) is 8.64. The van der Waals surface area contributed by atoms with Crippen molar-refractivity contribution in [3.8, 4) is 0 Å². The zero-order chi connectivity index (χ0) is 20.7. The van der Waals surface area contributed by atoms with Crippen LogP contribution in [0.15, 0.2) is 30.3 Å². The van der Waals surface area contributed by atoms with Gasteiger partial charge in [0.25, 0.3) is 5.91 Å². The molecular formula is C22H26N2O5. The first-order valence-electron chi connectivity index (χ1n) is 10.3. The van der Waals surface area contributed by atoms with E-state index in [1.807, 2.05) is 6.07 Å². The van der Waals surface area contributed by atoms with E-state index in [1.54, 1.807) is 38.1 Å². The minimum Gasteiger partial charge on any atom is -0.454 e. The number of likely N-dealkylation sites (tertiary alicyclic amines) is 1. The average molecular weight is 398 g/mol. The second kappa shape index (κ2) is 7.61. The van der Waals surface area contributed by atoms with Gasteiger partial charge in [-0.3, -0.25) is 19.3 Å². The van der Waals surface area contributed by atoms with Crippen molar-refractivity contribution in [3.05, 3.63) is 30.3 Å². The van der Waals surface area contributed by atoms with Crippen LogP contribution in [0.5, 0.6) is 0 Å². The number of ether oxygens (including phenoxy) is 1. The zero-order valence-corrected chi connectivity index (χ0v) is 16.7. The van der Waals surface area contributed by atoms with Gasteiger partial charge in [-0.25, -0.2) is 4.79 Å². The molecule has 3 aliphatic rings. The molecule has 3 fully saturated rings. The number of anilines is 1. The van der Waals surface area contributed by atoms with Gasteiger partial charge in [-0.05, 0) is 49.1 Å². The summed E-state index contributed by atoms with van der Waals surface area (Å²) in [5.74, 6) is -2.01. The van der Waals surface area contributed by atoms with E-state index in [0.717, 1.165) is 24.2 Å². The maximum Gasteiger partial charge on any atom is 0.330 e. The highest BCUT2D eigenvalue weighted by atomic mass is 16.5. The highest BCUT2D eigenvalue weighted by Crippen LogP contribution is 2.56. The molecule has 1 heterocycles. The minimum absolute atomic E-state index is 0.239. The molecule has 29 heavy (non-hydrogen) atoms. The number of carbonyl (C=O) groups excluding carboxylic acids is 4. The summed E-state index contributed by atoms with van der Waals surface area (Å²) >= 11 is 0. The van der Waals surface area contributed by atoms with E-state index in [9.17, 15) is 19.2 Å². The molecule has 0 unspecified atom stereocenters. The summed E-state index contributed by atoms with van der Waals surface area (Å²) in [4.78, 5) is 52.1. The summed E-state index contributed by atoms with van der Waals surface area (Å²) in [5.41, 5.74) is 0.599. The number of carbonyl (C=O) groups is 4. The summed E-state index contributed by atoms with van der Waals surface area (Å²) in [6, 6.07) is 7.85. The Morgan fingerprint density at radius 3 is 2.21 bits per heavy atom. The Bertz CT molecular complexity index is 809. The number of hydrogen-bond donors (Lipinski definition) is 1. The molecule has 3 amide bonds. The van der Waals surface area contributed by atoms with Gasteiger partial charge in [-0.2, -0.15) is 0 Å². The number of fused-ring (bicyclic) bond motifs is 5. The van der Waals surface area contributed by atoms with Crippen LogP contribution in [0, 0.1) is 29.6 Å². The van der Waals surface area contributed by atoms with Crippen molar-refractivity contribution in [2.24, 2.45) is 29.6 Å². The van der Waals surface area contributed by atoms with E-state index in [0.29, 0.717) is 5.69 Å². The average Bonchev–Trinajstić information content (AvgIpc) is 3.37. The lowest BCUT2D eigenvalue weighted by atomic mass is 9.81. The number of amides is 3. The van der Waals surface area contributed by atoms with Gasteiger partial charge in [0.1, 0.15) is 6.04 Å². The summed E-state index contributed by atoms with van der Waals surface area (Å²) in [6.07, 6.45) is 2.90. The van der Waals surface area contributed by atoms with Crippen LogP contribution in [-0.4, -0.2) is 41.2 Å². The summed E-state index contributed by atoms with van der Waals surface area (Å²) in [6.45, 7) is 3.09. The molecule has 0 aromatic heterocycles. The molecular weight excluding hydrogens is 372 g/mol. The van der Waals surface area contributed by atoms with Gasteiger partial charge in [-0.1, -0.05) is 32.0 Å². The Hall–Kier alpha value is -2.70. The molecule has 7 nitrogen and oxygen atoms in total. The normalized spacial score (nSPS) is 28.6. The number of nitrogens with one attached hydrogen (secondary N) is 1. The second-order valence-corrected chi connectivity index (χ2v) is 8.64. The third-order valence-corrected chi connectivity index (χ3v) is 6.52. The molecule has 2 saturated carbocycles. The van der Waals surface area contributed by atoms with Crippen LogP contribution < -0.4 is 5.32 Å². The maximum atomic E-state index is 13.0. The first kappa shape index (κ1) is 19.6. The number of para-hydroxylation sites is 1. The van der Waals surface area contributed by atoms with E-state index in [2.05, 4.69) is 5.32 Å². The van der Waals surface area contributed by atoms with Crippen LogP contribution in [0.3, 0.4) is 0 Å². The Labute approximate surface area is 169 Å². The Morgan fingerprint density at radius 2 is 1.66 bits per heavy atom. The Morgan fingerprint density at radius 1 is 1.07 bits per heavy atom. The Kier molecular flexibility index (Phi) is 5.15. The van der Waals surface area contributed by atoms with Crippen LogP contribution in [-0.2, 0) is 23.9 Å². The first-order valence-corrected chi connectivity index (χ1v) is 10.3. The van der Waals surface area contributed by atoms with Gasteiger partial charge >= 0.3 is 5.97 Å². The number of benzene rings is 1. The molecule has 5 atom stereocenters. The monoisotopic (exact) mass is 398 g/mol. The van der Waals surface area contributed by atoms with Crippen LogP contribution >= 0.6 is 0 Å². The lowest BCUT2D eigenvalue weighted by molar-refractivity contribution is -0.162. The summed E-state index contributed by atoms with van der Waals surface area (Å²) < 4.78 is 5.20. The van der Waals surface area contributed by atoms with Crippen molar-refractivity contribution in [2.45, 2.75) is 39.2 Å².